The molecule has 2 rings (SSSR count). The van der Waals surface area contributed by atoms with Gasteiger partial charge in [-0.1, -0.05) is 6.07 Å². The molecule has 1 aromatic carbocycles. The van der Waals surface area contributed by atoms with E-state index in [1.165, 1.54) is 4.90 Å². The summed E-state index contributed by atoms with van der Waals surface area (Å²) in [5.41, 5.74) is -2.60. The van der Waals surface area contributed by atoms with Gasteiger partial charge in [0.1, 0.15) is 5.82 Å². The number of benzene rings is 1. The molecule has 1 heterocycles. The fourth-order valence-corrected chi connectivity index (χ4v) is 2.28. The van der Waals surface area contributed by atoms with Gasteiger partial charge in [0.05, 0.1) is 23.3 Å². The normalized spacial score (nSPS) is 18.7. The molecule has 0 saturated carbocycles. The van der Waals surface area contributed by atoms with Gasteiger partial charge in [0.25, 0.3) is 5.91 Å². The molecule has 7 heteroatoms. The third-order valence-corrected chi connectivity index (χ3v) is 3.25. The summed E-state index contributed by atoms with van der Waals surface area (Å²) in [4.78, 5) is 13.6. The average Bonchev–Trinajstić information content (AvgIpc) is 2.35. The van der Waals surface area contributed by atoms with Crippen molar-refractivity contribution >= 4 is 5.91 Å². The minimum absolute atomic E-state index is 0.196. The van der Waals surface area contributed by atoms with Crippen molar-refractivity contribution in [3.8, 4) is 0 Å². The van der Waals surface area contributed by atoms with Crippen LogP contribution in [0.1, 0.15) is 29.8 Å². The summed E-state index contributed by atoms with van der Waals surface area (Å²) in [5, 5.41) is 0. The van der Waals surface area contributed by atoms with Crippen LogP contribution in [0.5, 0.6) is 0 Å². The molecule has 116 valence electrons. The van der Waals surface area contributed by atoms with E-state index in [0.29, 0.717) is 6.07 Å². The molecule has 1 fully saturated rings. The minimum atomic E-state index is -4.83. The highest BCUT2D eigenvalue weighted by Crippen LogP contribution is 2.33. The second kappa shape index (κ2) is 5.29. The Morgan fingerprint density at radius 1 is 1.33 bits per heavy atom. The molecule has 1 amide bonds. The summed E-state index contributed by atoms with van der Waals surface area (Å²) in [7, 11) is 0. The van der Waals surface area contributed by atoms with Gasteiger partial charge in [-0.15, -0.1) is 0 Å². The topological polar surface area (TPSA) is 29.5 Å². The second-order valence-electron chi connectivity index (χ2n) is 5.50. The molecule has 0 spiro atoms. The van der Waals surface area contributed by atoms with Crippen molar-refractivity contribution in [2.75, 3.05) is 19.7 Å². The molecule has 3 nitrogen and oxygen atoms in total. The van der Waals surface area contributed by atoms with Crippen LogP contribution in [0.4, 0.5) is 17.6 Å². The predicted molar refractivity (Wildman–Crippen MR) is 67.3 cm³/mol. The van der Waals surface area contributed by atoms with E-state index < -0.39 is 34.6 Å². The summed E-state index contributed by atoms with van der Waals surface area (Å²) in [6.45, 7) is 4.20. The molecule has 1 aromatic rings. The van der Waals surface area contributed by atoms with Crippen molar-refractivity contribution in [3.63, 3.8) is 0 Å². The van der Waals surface area contributed by atoms with E-state index in [9.17, 15) is 22.4 Å². The van der Waals surface area contributed by atoms with Gasteiger partial charge in [-0.3, -0.25) is 4.79 Å². The Hall–Kier alpha value is -1.63. The molecular weight excluding hydrogens is 290 g/mol. The molecule has 0 aliphatic carbocycles. The summed E-state index contributed by atoms with van der Waals surface area (Å²) in [6.07, 6.45) is -4.83. The lowest BCUT2D eigenvalue weighted by Crippen LogP contribution is -2.50. The number of carbonyl (C=O) groups is 1. The fraction of sp³-hybridized carbons (Fsp3) is 0.500. The molecule has 0 unspecified atom stereocenters. The Morgan fingerprint density at radius 2 is 2.00 bits per heavy atom. The maximum Gasteiger partial charge on any atom is 0.419 e. The van der Waals surface area contributed by atoms with Crippen molar-refractivity contribution in [1.29, 1.82) is 0 Å². The monoisotopic (exact) mass is 305 g/mol. The maximum atomic E-state index is 14.0. The number of hydrogen-bond donors (Lipinski definition) is 0. The van der Waals surface area contributed by atoms with Gasteiger partial charge in [-0.2, -0.15) is 13.2 Å². The Balaban J connectivity index is 2.32. The van der Waals surface area contributed by atoms with Crippen LogP contribution in [0.25, 0.3) is 0 Å². The van der Waals surface area contributed by atoms with Crippen LogP contribution in [-0.4, -0.2) is 36.1 Å². The van der Waals surface area contributed by atoms with Crippen molar-refractivity contribution < 1.29 is 27.1 Å². The number of halogens is 4. The second-order valence-corrected chi connectivity index (χ2v) is 5.50. The Labute approximate surface area is 119 Å². The minimum Gasteiger partial charge on any atom is -0.372 e. The standard InChI is InChI=1S/C14H15F4NO2/c1-13(2)8-19(6-7-21-13)12(20)9-4-3-5-10(11(9)15)14(16,17)18/h3-5H,6-8H2,1-2H3. The van der Waals surface area contributed by atoms with Crippen molar-refractivity contribution in [1.82, 2.24) is 4.90 Å². The first-order chi connectivity index (χ1) is 9.62. The number of alkyl halides is 3. The van der Waals surface area contributed by atoms with Crippen molar-refractivity contribution in [3.05, 3.63) is 35.1 Å². The highest BCUT2D eigenvalue weighted by Gasteiger charge is 2.37. The highest BCUT2D eigenvalue weighted by molar-refractivity contribution is 5.94. The Bertz CT molecular complexity index is 554. The molecule has 0 radical (unpaired) electrons. The number of nitrogens with zero attached hydrogens (tertiary/aromatic N) is 1. The zero-order valence-electron chi connectivity index (χ0n) is 11.6. The fourth-order valence-electron chi connectivity index (χ4n) is 2.28. The molecule has 0 atom stereocenters. The van der Waals surface area contributed by atoms with E-state index in [1.807, 2.05) is 0 Å². The SMILES string of the molecule is CC1(C)CN(C(=O)c2cccc(C(F)(F)F)c2F)CCO1. The van der Waals surface area contributed by atoms with E-state index in [2.05, 4.69) is 0 Å². The number of amides is 1. The van der Waals surface area contributed by atoms with E-state index >= 15 is 0 Å². The van der Waals surface area contributed by atoms with E-state index in [0.717, 1.165) is 12.1 Å². The predicted octanol–water partition coefficient (Wildman–Crippen LogP) is 3.10. The zero-order chi connectivity index (χ0) is 15.8. The average molecular weight is 305 g/mol. The lowest BCUT2D eigenvalue weighted by Gasteiger charge is -2.38. The third-order valence-electron chi connectivity index (χ3n) is 3.25. The van der Waals surface area contributed by atoms with Crippen LogP contribution in [0.15, 0.2) is 18.2 Å². The molecule has 1 saturated heterocycles. The first kappa shape index (κ1) is 15.8. The molecule has 21 heavy (non-hydrogen) atoms. The van der Waals surface area contributed by atoms with Gasteiger partial charge >= 0.3 is 6.18 Å². The van der Waals surface area contributed by atoms with E-state index in [4.69, 9.17) is 4.74 Å². The molecule has 0 N–H and O–H groups in total. The maximum absolute atomic E-state index is 14.0. The van der Waals surface area contributed by atoms with Gasteiger partial charge in [-0.25, -0.2) is 4.39 Å². The molecular formula is C14H15F4NO2. The Kier molecular flexibility index (Phi) is 3.97. The number of ether oxygens (including phenoxy) is 1. The van der Waals surface area contributed by atoms with Crippen molar-refractivity contribution in [2.24, 2.45) is 0 Å². The van der Waals surface area contributed by atoms with Crippen LogP contribution >= 0.6 is 0 Å². The van der Waals surface area contributed by atoms with Crippen LogP contribution in [-0.2, 0) is 10.9 Å². The van der Waals surface area contributed by atoms with Gasteiger partial charge in [-0.05, 0) is 26.0 Å². The number of rotatable bonds is 1. The lowest BCUT2D eigenvalue weighted by molar-refractivity contribution is -0.140. The summed E-state index contributed by atoms with van der Waals surface area (Å²) in [5.74, 6) is -2.28. The summed E-state index contributed by atoms with van der Waals surface area (Å²) < 4.78 is 57.4. The third kappa shape index (κ3) is 3.34. The van der Waals surface area contributed by atoms with Gasteiger partial charge in [0.15, 0.2) is 0 Å². The van der Waals surface area contributed by atoms with Crippen molar-refractivity contribution in [2.45, 2.75) is 25.6 Å². The number of hydrogen-bond acceptors (Lipinski definition) is 2. The zero-order valence-corrected chi connectivity index (χ0v) is 11.6. The molecule has 0 aromatic heterocycles. The quantitative estimate of drug-likeness (QED) is 0.746. The lowest BCUT2D eigenvalue weighted by atomic mass is 10.0. The van der Waals surface area contributed by atoms with Gasteiger partial charge < -0.3 is 9.64 Å². The highest BCUT2D eigenvalue weighted by atomic mass is 19.4. The van der Waals surface area contributed by atoms with E-state index in [1.54, 1.807) is 13.8 Å². The molecule has 1 aliphatic heterocycles. The number of morpholine rings is 1. The smallest absolute Gasteiger partial charge is 0.372 e. The largest absolute Gasteiger partial charge is 0.419 e. The van der Waals surface area contributed by atoms with Gasteiger partial charge in [0.2, 0.25) is 0 Å². The Morgan fingerprint density at radius 3 is 2.57 bits per heavy atom. The summed E-state index contributed by atoms with van der Waals surface area (Å²) >= 11 is 0. The van der Waals surface area contributed by atoms with Gasteiger partial charge in [0, 0.05) is 13.1 Å². The van der Waals surface area contributed by atoms with Crippen LogP contribution in [0.3, 0.4) is 0 Å². The first-order valence-corrected chi connectivity index (χ1v) is 6.41. The molecule has 0 bridgehead atoms. The van der Waals surface area contributed by atoms with Crippen LogP contribution in [0, 0.1) is 5.82 Å². The summed E-state index contributed by atoms with van der Waals surface area (Å²) in [6, 6.07) is 2.72. The van der Waals surface area contributed by atoms with Crippen LogP contribution in [0.2, 0.25) is 0 Å². The first-order valence-electron chi connectivity index (χ1n) is 6.41. The number of carbonyl (C=O) groups excluding carboxylic acids is 1. The van der Waals surface area contributed by atoms with E-state index in [-0.39, 0.29) is 19.7 Å². The molecule has 1 aliphatic rings. The van der Waals surface area contributed by atoms with Crippen LogP contribution < -0.4 is 0 Å².